The predicted molar refractivity (Wildman–Crippen MR) is 73.7 cm³/mol. The Bertz CT molecular complexity index is 439. The molecule has 0 radical (unpaired) electrons. The molecule has 0 amide bonds. The van der Waals surface area contributed by atoms with Crippen molar-refractivity contribution in [2.45, 2.75) is 22.6 Å². The summed E-state index contributed by atoms with van der Waals surface area (Å²) >= 11 is 10.9. The molecular formula is C10H11ClN2S3. The van der Waals surface area contributed by atoms with Crippen LogP contribution in [0.2, 0.25) is 4.34 Å². The summed E-state index contributed by atoms with van der Waals surface area (Å²) in [4.78, 5) is 5.48. The Morgan fingerprint density at radius 1 is 1.50 bits per heavy atom. The third kappa shape index (κ3) is 2.99. The fourth-order valence-corrected chi connectivity index (χ4v) is 4.54. The second-order valence-corrected chi connectivity index (χ2v) is 7.37. The van der Waals surface area contributed by atoms with Crippen molar-refractivity contribution in [1.82, 2.24) is 4.98 Å². The van der Waals surface area contributed by atoms with Crippen LogP contribution in [0.15, 0.2) is 28.0 Å². The summed E-state index contributed by atoms with van der Waals surface area (Å²) in [6.45, 7) is 2.01. The average molecular weight is 291 g/mol. The highest BCUT2D eigenvalue weighted by atomic mass is 35.5. The molecule has 0 aliphatic heterocycles. The molecular weight excluding hydrogens is 280 g/mol. The SMILES string of the molecule is CC(N)C(Sc1nccs1)c1ccc(Cl)s1. The number of nitrogens with two attached hydrogens (primary N) is 1. The van der Waals surface area contributed by atoms with Crippen molar-refractivity contribution in [3.63, 3.8) is 0 Å². The lowest BCUT2D eigenvalue weighted by Gasteiger charge is -2.17. The first kappa shape index (κ1) is 12.4. The van der Waals surface area contributed by atoms with Gasteiger partial charge in [0.1, 0.15) is 4.34 Å². The van der Waals surface area contributed by atoms with Gasteiger partial charge in [0, 0.05) is 22.5 Å². The lowest BCUT2D eigenvalue weighted by molar-refractivity contribution is 0.729. The van der Waals surface area contributed by atoms with E-state index >= 15 is 0 Å². The van der Waals surface area contributed by atoms with Gasteiger partial charge in [-0.1, -0.05) is 23.4 Å². The van der Waals surface area contributed by atoms with Gasteiger partial charge in [-0.3, -0.25) is 0 Å². The van der Waals surface area contributed by atoms with Gasteiger partial charge in [-0.15, -0.1) is 22.7 Å². The monoisotopic (exact) mass is 290 g/mol. The zero-order chi connectivity index (χ0) is 11.5. The van der Waals surface area contributed by atoms with Crippen molar-refractivity contribution in [1.29, 1.82) is 0 Å². The van der Waals surface area contributed by atoms with E-state index in [0.717, 1.165) is 8.68 Å². The lowest BCUT2D eigenvalue weighted by atomic mass is 10.2. The van der Waals surface area contributed by atoms with Crippen LogP contribution < -0.4 is 5.73 Å². The summed E-state index contributed by atoms with van der Waals surface area (Å²) in [6, 6.07) is 4.03. The number of hydrogen-bond donors (Lipinski definition) is 1. The van der Waals surface area contributed by atoms with Gasteiger partial charge in [-0.25, -0.2) is 4.98 Å². The first-order valence-electron chi connectivity index (χ1n) is 4.74. The van der Waals surface area contributed by atoms with Crippen LogP contribution in [0.4, 0.5) is 0 Å². The van der Waals surface area contributed by atoms with Crippen molar-refractivity contribution >= 4 is 46.0 Å². The van der Waals surface area contributed by atoms with Gasteiger partial charge in [0.2, 0.25) is 0 Å². The molecule has 0 fully saturated rings. The van der Waals surface area contributed by atoms with E-state index < -0.39 is 0 Å². The second kappa shape index (κ2) is 5.51. The van der Waals surface area contributed by atoms with E-state index in [-0.39, 0.29) is 11.3 Å². The minimum atomic E-state index is 0.0728. The zero-order valence-electron chi connectivity index (χ0n) is 8.59. The highest BCUT2D eigenvalue weighted by Crippen LogP contribution is 2.41. The Morgan fingerprint density at radius 2 is 2.31 bits per heavy atom. The molecule has 2 nitrogen and oxygen atoms in total. The van der Waals surface area contributed by atoms with E-state index in [1.165, 1.54) is 4.88 Å². The summed E-state index contributed by atoms with van der Waals surface area (Å²) in [6.07, 6.45) is 1.81. The fourth-order valence-electron chi connectivity index (χ4n) is 1.28. The summed E-state index contributed by atoms with van der Waals surface area (Å²) in [5.74, 6) is 0. The molecule has 6 heteroatoms. The minimum absolute atomic E-state index is 0.0728. The molecule has 2 aromatic heterocycles. The summed E-state index contributed by atoms with van der Waals surface area (Å²) < 4.78 is 1.85. The van der Waals surface area contributed by atoms with Crippen LogP contribution in [0.25, 0.3) is 0 Å². The van der Waals surface area contributed by atoms with E-state index in [0.29, 0.717) is 0 Å². The number of hydrogen-bond acceptors (Lipinski definition) is 5. The Hall–Kier alpha value is -0.0700. The Morgan fingerprint density at radius 3 is 2.81 bits per heavy atom. The fraction of sp³-hybridized carbons (Fsp3) is 0.300. The molecule has 16 heavy (non-hydrogen) atoms. The molecule has 0 spiro atoms. The molecule has 2 unspecified atom stereocenters. The zero-order valence-corrected chi connectivity index (χ0v) is 11.8. The number of aromatic nitrogens is 1. The van der Waals surface area contributed by atoms with Crippen LogP contribution in [0.1, 0.15) is 17.1 Å². The van der Waals surface area contributed by atoms with Crippen LogP contribution >= 0.6 is 46.0 Å². The molecule has 0 saturated heterocycles. The normalized spacial score (nSPS) is 14.9. The van der Waals surface area contributed by atoms with E-state index in [2.05, 4.69) is 4.98 Å². The molecule has 2 heterocycles. The molecule has 2 atom stereocenters. The van der Waals surface area contributed by atoms with Crippen LogP contribution in [0, 0.1) is 0 Å². The molecule has 2 N–H and O–H groups in total. The van der Waals surface area contributed by atoms with Crippen molar-refractivity contribution in [2.24, 2.45) is 5.73 Å². The van der Waals surface area contributed by atoms with Gasteiger partial charge in [0.15, 0.2) is 0 Å². The van der Waals surface area contributed by atoms with Crippen LogP contribution in [0.5, 0.6) is 0 Å². The molecule has 0 aromatic carbocycles. The van der Waals surface area contributed by atoms with Gasteiger partial charge in [0.25, 0.3) is 0 Å². The van der Waals surface area contributed by atoms with Crippen molar-refractivity contribution in [2.75, 3.05) is 0 Å². The largest absolute Gasteiger partial charge is 0.327 e. The van der Waals surface area contributed by atoms with Crippen LogP contribution in [-0.4, -0.2) is 11.0 Å². The van der Waals surface area contributed by atoms with Gasteiger partial charge >= 0.3 is 0 Å². The standard InChI is InChI=1S/C10H11ClN2S3/c1-6(12)9(7-2-3-8(11)15-7)16-10-13-4-5-14-10/h2-6,9H,12H2,1H3. The molecule has 0 saturated carbocycles. The first-order chi connectivity index (χ1) is 7.66. The van der Waals surface area contributed by atoms with Gasteiger partial charge < -0.3 is 5.73 Å². The van der Waals surface area contributed by atoms with E-state index in [4.69, 9.17) is 17.3 Å². The molecule has 0 aliphatic rings. The molecule has 0 bridgehead atoms. The summed E-state index contributed by atoms with van der Waals surface area (Å²) in [5.41, 5.74) is 6.01. The summed E-state index contributed by atoms with van der Waals surface area (Å²) in [7, 11) is 0. The number of rotatable bonds is 4. The molecule has 2 aromatic rings. The highest BCUT2D eigenvalue weighted by Gasteiger charge is 2.20. The maximum Gasteiger partial charge on any atom is 0.150 e. The molecule has 0 aliphatic carbocycles. The average Bonchev–Trinajstić information content (AvgIpc) is 2.84. The van der Waals surface area contributed by atoms with E-state index in [1.807, 2.05) is 30.6 Å². The Labute approximate surface area is 112 Å². The number of thiazole rings is 1. The number of thioether (sulfide) groups is 1. The van der Waals surface area contributed by atoms with Crippen molar-refractivity contribution in [3.05, 3.63) is 32.9 Å². The van der Waals surface area contributed by atoms with Crippen molar-refractivity contribution < 1.29 is 0 Å². The third-order valence-corrected chi connectivity index (χ3v) is 5.84. The van der Waals surface area contributed by atoms with Gasteiger partial charge in [-0.2, -0.15) is 0 Å². The maximum absolute atomic E-state index is 6.01. The van der Waals surface area contributed by atoms with E-state index in [9.17, 15) is 0 Å². The number of thiophene rings is 1. The van der Waals surface area contributed by atoms with Crippen LogP contribution in [-0.2, 0) is 0 Å². The maximum atomic E-state index is 6.01. The topological polar surface area (TPSA) is 38.9 Å². The van der Waals surface area contributed by atoms with Crippen molar-refractivity contribution in [3.8, 4) is 0 Å². The highest BCUT2D eigenvalue weighted by molar-refractivity contribution is 8.01. The Kier molecular flexibility index (Phi) is 4.27. The number of nitrogens with zero attached hydrogens (tertiary/aromatic N) is 1. The molecule has 86 valence electrons. The van der Waals surface area contributed by atoms with Gasteiger partial charge in [-0.05, 0) is 19.1 Å². The lowest BCUT2D eigenvalue weighted by Crippen LogP contribution is -2.21. The third-order valence-electron chi connectivity index (χ3n) is 1.99. The smallest absolute Gasteiger partial charge is 0.150 e. The van der Waals surface area contributed by atoms with Crippen LogP contribution in [0.3, 0.4) is 0 Å². The van der Waals surface area contributed by atoms with Gasteiger partial charge in [0.05, 0.1) is 9.59 Å². The molecule has 2 rings (SSSR count). The number of halogens is 1. The first-order valence-corrected chi connectivity index (χ1v) is 7.69. The predicted octanol–water partition coefficient (Wildman–Crippen LogP) is 4.04. The summed E-state index contributed by atoms with van der Waals surface area (Å²) in [5, 5.41) is 2.20. The van der Waals surface area contributed by atoms with E-state index in [1.54, 1.807) is 34.4 Å². The quantitative estimate of drug-likeness (QED) is 0.864. The minimum Gasteiger partial charge on any atom is -0.327 e. The second-order valence-electron chi connectivity index (χ2n) is 3.34. The Balaban J connectivity index is 2.18.